The van der Waals surface area contributed by atoms with Crippen LogP contribution < -0.4 is 10.1 Å². The predicted molar refractivity (Wildman–Crippen MR) is 110 cm³/mol. The van der Waals surface area contributed by atoms with E-state index in [0.717, 1.165) is 16.8 Å². The van der Waals surface area contributed by atoms with Crippen LogP contribution in [0.15, 0.2) is 36.4 Å². The summed E-state index contributed by atoms with van der Waals surface area (Å²) in [6, 6.07) is 10.5. The summed E-state index contributed by atoms with van der Waals surface area (Å²) in [4.78, 5) is 35.5. The minimum Gasteiger partial charge on any atom is -0.494 e. The van der Waals surface area contributed by atoms with Crippen LogP contribution in [-0.2, 0) is 20.7 Å². The van der Waals surface area contributed by atoms with Gasteiger partial charge in [0.25, 0.3) is 0 Å². The van der Waals surface area contributed by atoms with E-state index in [0.29, 0.717) is 42.2 Å². The van der Waals surface area contributed by atoms with Crippen LogP contribution in [-0.4, -0.2) is 30.9 Å². The average molecular weight is 416 g/mol. The Morgan fingerprint density at radius 3 is 2.76 bits per heavy atom. The number of hydrogen-bond acceptors (Lipinski definition) is 5. The zero-order chi connectivity index (χ0) is 20.8. The first-order valence-corrected chi connectivity index (χ1v) is 9.81. The van der Waals surface area contributed by atoms with Gasteiger partial charge in [-0.2, -0.15) is 0 Å². The molecule has 3 rings (SSSR count). The summed E-state index contributed by atoms with van der Waals surface area (Å²) in [5.41, 5.74) is 3.03. The van der Waals surface area contributed by atoms with Gasteiger partial charge >= 0.3 is 5.97 Å². The molecule has 1 N–H and O–H groups in total. The molecular formula is C22H22ClNO5. The molecule has 0 unspecified atom stereocenters. The van der Waals surface area contributed by atoms with Gasteiger partial charge in [0.2, 0.25) is 5.91 Å². The Labute approximate surface area is 174 Å². The van der Waals surface area contributed by atoms with Gasteiger partial charge in [-0.1, -0.05) is 11.6 Å². The summed E-state index contributed by atoms with van der Waals surface area (Å²) >= 11 is 5.97. The molecule has 0 fully saturated rings. The maximum absolute atomic E-state index is 12.3. The van der Waals surface area contributed by atoms with Crippen molar-refractivity contribution in [2.24, 2.45) is 0 Å². The Kier molecular flexibility index (Phi) is 6.88. The van der Waals surface area contributed by atoms with Gasteiger partial charge in [0, 0.05) is 29.1 Å². The minimum absolute atomic E-state index is 0.0271. The number of Topliss-reactive ketones (excluding diaryl/α,β-unsaturated/α-hetero) is 1. The lowest BCUT2D eigenvalue weighted by Crippen LogP contribution is -2.20. The van der Waals surface area contributed by atoms with Gasteiger partial charge < -0.3 is 14.8 Å². The number of carbonyl (C=O) groups is 3. The molecule has 7 heteroatoms. The highest BCUT2D eigenvalue weighted by Crippen LogP contribution is 2.24. The largest absolute Gasteiger partial charge is 0.494 e. The van der Waals surface area contributed by atoms with E-state index in [4.69, 9.17) is 21.1 Å². The van der Waals surface area contributed by atoms with E-state index in [1.54, 1.807) is 30.3 Å². The summed E-state index contributed by atoms with van der Waals surface area (Å²) in [6.07, 6.45) is 1.63. The van der Waals surface area contributed by atoms with Crippen LogP contribution in [0.2, 0.25) is 5.02 Å². The number of ether oxygens (including phenoxy) is 2. The van der Waals surface area contributed by atoms with Crippen molar-refractivity contribution in [1.82, 2.24) is 0 Å². The molecule has 0 aromatic heterocycles. The number of rotatable bonds is 8. The van der Waals surface area contributed by atoms with Gasteiger partial charge in [-0.3, -0.25) is 14.4 Å². The first-order chi connectivity index (χ1) is 13.9. The number of halogens is 1. The van der Waals surface area contributed by atoms with Crippen molar-refractivity contribution >= 4 is 34.9 Å². The second kappa shape index (κ2) is 9.56. The number of anilines is 1. The number of benzene rings is 2. The third kappa shape index (κ3) is 5.81. The van der Waals surface area contributed by atoms with E-state index in [-0.39, 0.29) is 24.7 Å². The van der Waals surface area contributed by atoms with E-state index in [1.807, 2.05) is 13.0 Å². The number of ketones is 1. The molecule has 0 bridgehead atoms. The molecule has 0 aliphatic carbocycles. The Hall–Kier alpha value is -2.86. The Morgan fingerprint density at radius 1 is 1.14 bits per heavy atom. The molecule has 0 spiro atoms. The lowest BCUT2D eigenvalue weighted by Gasteiger charge is -2.17. The Bertz CT molecular complexity index is 941. The maximum Gasteiger partial charge on any atom is 0.306 e. The van der Waals surface area contributed by atoms with Crippen LogP contribution in [0.3, 0.4) is 0 Å². The van der Waals surface area contributed by atoms with E-state index in [1.165, 1.54) is 0 Å². The average Bonchev–Trinajstić information content (AvgIpc) is 2.71. The van der Waals surface area contributed by atoms with Gasteiger partial charge in [0.05, 0.1) is 6.61 Å². The number of aryl methyl sites for hydroxylation is 2. The molecule has 0 saturated heterocycles. The number of carbonyl (C=O) groups excluding carboxylic acids is 3. The van der Waals surface area contributed by atoms with E-state index < -0.39 is 5.97 Å². The zero-order valence-corrected chi connectivity index (χ0v) is 16.9. The summed E-state index contributed by atoms with van der Waals surface area (Å²) in [6.45, 7) is 1.95. The lowest BCUT2D eigenvalue weighted by atomic mass is 9.99. The second-order valence-electron chi connectivity index (χ2n) is 6.87. The zero-order valence-electron chi connectivity index (χ0n) is 16.1. The molecule has 1 heterocycles. The van der Waals surface area contributed by atoms with Crippen LogP contribution in [0.25, 0.3) is 0 Å². The van der Waals surface area contributed by atoms with Crippen molar-refractivity contribution in [2.45, 2.75) is 32.6 Å². The molecule has 1 amide bonds. The van der Waals surface area contributed by atoms with E-state index in [2.05, 4.69) is 5.32 Å². The molecule has 152 valence electrons. The number of hydrogen-bond donors (Lipinski definition) is 1. The van der Waals surface area contributed by atoms with E-state index in [9.17, 15) is 14.4 Å². The van der Waals surface area contributed by atoms with Gasteiger partial charge in [-0.15, -0.1) is 0 Å². The minimum atomic E-state index is -0.445. The molecule has 1 aliphatic rings. The topological polar surface area (TPSA) is 81.7 Å². The van der Waals surface area contributed by atoms with Gasteiger partial charge in [-0.05, 0) is 67.3 Å². The molecule has 2 aromatic carbocycles. The van der Waals surface area contributed by atoms with Crippen molar-refractivity contribution in [1.29, 1.82) is 0 Å². The molecule has 0 saturated carbocycles. The quantitative estimate of drug-likeness (QED) is 0.398. The summed E-state index contributed by atoms with van der Waals surface area (Å²) < 4.78 is 10.7. The highest BCUT2D eigenvalue weighted by molar-refractivity contribution is 6.31. The number of nitrogens with one attached hydrogen (secondary N) is 1. The second-order valence-corrected chi connectivity index (χ2v) is 7.27. The molecule has 2 aromatic rings. The SMILES string of the molecule is Cc1cc(OCCCC(=O)OCC(=O)c2ccc3c(c2)CCC(=O)N3)ccc1Cl. The highest BCUT2D eigenvalue weighted by atomic mass is 35.5. The number of esters is 1. The third-order valence-electron chi connectivity index (χ3n) is 4.61. The van der Waals surface area contributed by atoms with Crippen LogP contribution in [0.4, 0.5) is 5.69 Å². The molecule has 29 heavy (non-hydrogen) atoms. The van der Waals surface area contributed by atoms with Gasteiger partial charge in [0.1, 0.15) is 5.75 Å². The number of amides is 1. The predicted octanol–water partition coefficient (Wildman–Crippen LogP) is 4.12. The smallest absolute Gasteiger partial charge is 0.306 e. The highest BCUT2D eigenvalue weighted by Gasteiger charge is 2.17. The fourth-order valence-corrected chi connectivity index (χ4v) is 3.09. The van der Waals surface area contributed by atoms with Crippen LogP contribution in [0, 0.1) is 6.92 Å². The maximum atomic E-state index is 12.3. The Balaban J connectivity index is 1.39. The van der Waals surface area contributed by atoms with Crippen molar-refractivity contribution < 1.29 is 23.9 Å². The normalized spacial score (nSPS) is 12.7. The monoisotopic (exact) mass is 415 g/mol. The summed E-state index contributed by atoms with van der Waals surface area (Å²) in [5, 5.41) is 3.44. The molecule has 0 atom stereocenters. The summed E-state index contributed by atoms with van der Waals surface area (Å²) in [7, 11) is 0. The lowest BCUT2D eigenvalue weighted by molar-refractivity contribution is -0.142. The van der Waals surface area contributed by atoms with Gasteiger partial charge in [-0.25, -0.2) is 0 Å². The van der Waals surface area contributed by atoms with Crippen LogP contribution in [0.1, 0.15) is 40.7 Å². The first-order valence-electron chi connectivity index (χ1n) is 9.43. The fourth-order valence-electron chi connectivity index (χ4n) is 2.97. The van der Waals surface area contributed by atoms with Crippen LogP contribution >= 0.6 is 11.6 Å². The van der Waals surface area contributed by atoms with Crippen molar-refractivity contribution in [3.05, 3.63) is 58.1 Å². The molecule has 6 nitrogen and oxygen atoms in total. The van der Waals surface area contributed by atoms with Crippen molar-refractivity contribution in [3.8, 4) is 5.75 Å². The van der Waals surface area contributed by atoms with Crippen molar-refractivity contribution in [2.75, 3.05) is 18.5 Å². The van der Waals surface area contributed by atoms with Gasteiger partial charge in [0.15, 0.2) is 12.4 Å². The first kappa shape index (κ1) is 20.9. The molecule has 1 aliphatic heterocycles. The van der Waals surface area contributed by atoms with Crippen molar-refractivity contribution in [3.63, 3.8) is 0 Å². The van der Waals surface area contributed by atoms with Crippen LogP contribution in [0.5, 0.6) is 5.75 Å². The molecular weight excluding hydrogens is 394 g/mol. The third-order valence-corrected chi connectivity index (χ3v) is 5.03. The fraction of sp³-hybridized carbons (Fsp3) is 0.318. The van der Waals surface area contributed by atoms with E-state index >= 15 is 0 Å². The summed E-state index contributed by atoms with van der Waals surface area (Å²) in [5.74, 6) is -0.0508. The molecule has 0 radical (unpaired) electrons. The Morgan fingerprint density at radius 2 is 1.97 bits per heavy atom. The number of fused-ring (bicyclic) bond motifs is 1. The standard InChI is InChI=1S/C22H22ClNO5/c1-14-11-17(6-7-18(14)23)28-10-2-3-22(27)29-13-20(25)16-4-8-19-15(12-16)5-9-21(26)24-19/h4,6-8,11-12H,2-3,5,9-10,13H2,1H3,(H,24,26).